The first kappa shape index (κ1) is 21.3. The summed E-state index contributed by atoms with van der Waals surface area (Å²) < 4.78 is 10.3. The lowest BCUT2D eigenvalue weighted by Crippen LogP contribution is -2.16. The monoisotopic (exact) mass is 386 g/mol. The largest absolute Gasteiger partial charge is 0.454 e. The number of rotatable bonds is 8. The van der Waals surface area contributed by atoms with Crippen molar-refractivity contribution in [2.75, 3.05) is 11.9 Å². The van der Waals surface area contributed by atoms with Gasteiger partial charge < -0.3 is 14.6 Å². The molecular weight excluding hydrogens is 360 g/mol. The van der Waals surface area contributed by atoms with Gasteiger partial charge >= 0.3 is 5.97 Å². The molecule has 2 aromatic rings. The summed E-state index contributed by atoms with van der Waals surface area (Å²) in [6.07, 6.45) is 0.428. The molecule has 0 aliphatic carbocycles. The van der Waals surface area contributed by atoms with Gasteiger partial charge in [-0.25, -0.2) is 4.79 Å². The fourth-order valence-corrected chi connectivity index (χ4v) is 2.64. The number of ketones is 1. The molecule has 1 amide bonds. The van der Waals surface area contributed by atoms with Crippen molar-refractivity contribution in [3.05, 3.63) is 46.8 Å². The van der Waals surface area contributed by atoms with Crippen LogP contribution in [0.2, 0.25) is 0 Å². The van der Waals surface area contributed by atoms with E-state index in [0.717, 1.165) is 0 Å². The van der Waals surface area contributed by atoms with E-state index in [2.05, 4.69) is 10.5 Å². The number of aromatic nitrogens is 1. The Morgan fingerprint density at radius 1 is 1.11 bits per heavy atom. The standard InChI is InChI=1S/C21H26N2O5/c1-12(2)10-18(25)22-16-8-6-15(7-9-16)17(24)11-27-21(26)19-14(5)23-28-20(19)13(3)4/h6-9,12-13H,10-11H2,1-5H3,(H,22,25). The van der Waals surface area contributed by atoms with E-state index in [1.165, 1.54) is 0 Å². The van der Waals surface area contributed by atoms with E-state index in [1.807, 2.05) is 27.7 Å². The second kappa shape index (κ2) is 9.30. The maximum Gasteiger partial charge on any atom is 0.344 e. The van der Waals surface area contributed by atoms with Crippen LogP contribution in [0.25, 0.3) is 0 Å². The summed E-state index contributed by atoms with van der Waals surface area (Å²) in [4.78, 5) is 36.4. The Labute approximate surface area is 164 Å². The summed E-state index contributed by atoms with van der Waals surface area (Å²) in [6, 6.07) is 6.47. The van der Waals surface area contributed by atoms with Gasteiger partial charge in [0.15, 0.2) is 18.2 Å². The van der Waals surface area contributed by atoms with Gasteiger partial charge in [0.1, 0.15) is 5.56 Å². The molecule has 28 heavy (non-hydrogen) atoms. The minimum atomic E-state index is -0.631. The molecule has 0 fully saturated rings. The third-order valence-electron chi connectivity index (χ3n) is 4.04. The number of anilines is 1. The van der Waals surface area contributed by atoms with Gasteiger partial charge in [-0.2, -0.15) is 0 Å². The highest BCUT2D eigenvalue weighted by molar-refractivity contribution is 6.00. The molecule has 0 bridgehead atoms. The summed E-state index contributed by atoms with van der Waals surface area (Å²) in [6.45, 7) is 8.95. The summed E-state index contributed by atoms with van der Waals surface area (Å²) in [5, 5.41) is 6.58. The third-order valence-corrected chi connectivity index (χ3v) is 4.04. The highest BCUT2D eigenvalue weighted by atomic mass is 16.5. The van der Waals surface area contributed by atoms with Crippen molar-refractivity contribution in [3.8, 4) is 0 Å². The maximum atomic E-state index is 12.3. The van der Waals surface area contributed by atoms with Crippen LogP contribution in [-0.4, -0.2) is 29.4 Å². The molecule has 0 spiro atoms. The van der Waals surface area contributed by atoms with Gasteiger partial charge in [0.05, 0.1) is 5.69 Å². The number of amides is 1. The molecule has 0 aliphatic rings. The quantitative estimate of drug-likeness (QED) is 0.541. The lowest BCUT2D eigenvalue weighted by Gasteiger charge is -2.08. The average Bonchev–Trinajstić information content (AvgIpc) is 3.01. The zero-order chi connectivity index (χ0) is 20.8. The maximum absolute atomic E-state index is 12.3. The summed E-state index contributed by atoms with van der Waals surface area (Å²) in [5.41, 5.74) is 1.70. The Morgan fingerprint density at radius 2 is 1.75 bits per heavy atom. The Bertz CT molecular complexity index is 850. The lowest BCUT2D eigenvalue weighted by molar-refractivity contribution is -0.116. The van der Waals surface area contributed by atoms with Crippen LogP contribution in [0.15, 0.2) is 28.8 Å². The van der Waals surface area contributed by atoms with Crippen molar-refractivity contribution in [1.29, 1.82) is 0 Å². The van der Waals surface area contributed by atoms with E-state index in [0.29, 0.717) is 29.1 Å². The lowest BCUT2D eigenvalue weighted by atomic mass is 10.1. The number of nitrogens with zero attached hydrogens (tertiary/aromatic N) is 1. The molecule has 7 heteroatoms. The second-order valence-corrected chi connectivity index (χ2v) is 7.38. The first-order valence-corrected chi connectivity index (χ1v) is 9.25. The zero-order valence-electron chi connectivity index (χ0n) is 16.9. The van der Waals surface area contributed by atoms with Crippen molar-refractivity contribution in [1.82, 2.24) is 5.16 Å². The Morgan fingerprint density at radius 3 is 2.32 bits per heavy atom. The van der Waals surface area contributed by atoms with Gasteiger partial charge in [-0.1, -0.05) is 32.9 Å². The number of benzene rings is 1. The van der Waals surface area contributed by atoms with Crippen molar-refractivity contribution in [3.63, 3.8) is 0 Å². The molecule has 2 rings (SSSR count). The predicted octanol–water partition coefficient (Wildman–Crippen LogP) is 4.13. The molecule has 0 unspecified atom stereocenters. The molecule has 0 radical (unpaired) electrons. The van der Waals surface area contributed by atoms with Gasteiger partial charge in [-0.3, -0.25) is 9.59 Å². The first-order chi connectivity index (χ1) is 13.2. The highest BCUT2D eigenvalue weighted by Gasteiger charge is 2.24. The predicted molar refractivity (Wildman–Crippen MR) is 104 cm³/mol. The normalized spacial score (nSPS) is 11.0. The number of esters is 1. The van der Waals surface area contributed by atoms with E-state index in [1.54, 1.807) is 31.2 Å². The van der Waals surface area contributed by atoms with Crippen LogP contribution in [0.1, 0.15) is 72.2 Å². The van der Waals surface area contributed by atoms with Gasteiger partial charge in [-0.05, 0) is 37.1 Å². The van der Waals surface area contributed by atoms with Crippen molar-refractivity contribution in [2.45, 2.75) is 47.0 Å². The zero-order valence-corrected chi connectivity index (χ0v) is 16.9. The molecule has 0 aliphatic heterocycles. The summed E-state index contributed by atoms with van der Waals surface area (Å²) >= 11 is 0. The molecular formula is C21H26N2O5. The fraction of sp³-hybridized carbons (Fsp3) is 0.429. The number of carbonyl (C=O) groups is 3. The SMILES string of the molecule is Cc1noc(C(C)C)c1C(=O)OCC(=O)c1ccc(NC(=O)CC(C)C)cc1. The van der Waals surface area contributed by atoms with Crippen molar-refractivity contribution >= 4 is 23.3 Å². The molecule has 1 N–H and O–H groups in total. The molecule has 7 nitrogen and oxygen atoms in total. The van der Waals surface area contributed by atoms with E-state index in [4.69, 9.17) is 9.26 Å². The smallest absolute Gasteiger partial charge is 0.344 e. The van der Waals surface area contributed by atoms with E-state index in [9.17, 15) is 14.4 Å². The van der Waals surface area contributed by atoms with Gasteiger partial charge in [0.2, 0.25) is 5.91 Å². The number of hydrogen-bond acceptors (Lipinski definition) is 6. The Kier molecular flexibility index (Phi) is 7.09. The van der Waals surface area contributed by atoms with Crippen LogP contribution < -0.4 is 5.32 Å². The van der Waals surface area contributed by atoms with Crippen LogP contribution in [0.4, 0.5) is 5.69 Å². The number of Topliss-reactive ketones (excluding diaryl/α,β-unsaturated/α-hetero) is 1. The molecule has 1 aromatic heterocycles. The molecule has 0 saturated heterocycles. The van der Waals surface area contributed by atoms with E-state index >= 15 is 0 Å². The summed E-state index contributed by atoms with van der Waals surface area (Å²) in [7, 11) is 0. The summed E-state index contributed by atoms with van der Waals surface area (Å²) in [5.74, 6) is -0.370. The molecule has 0 saturated carbocycles. The first-order valence-electron chi connectivity index (χ1n) is 9.25. The molecule has 0 atom stereocenters. The number of nitrogens with one attached hydrogen (secondary N) is 1. The average molecular weight is 386 g/mol. The highest BCUT2D eigenvalue weighted by Crippen LogP contribution is 2.23. The van der Waals surface area contributed by atoms with E-state index < -0.39 is 5.97 Å². The second-order valence-electron chi connectivity index (χ2n) is 7.38. The number of carbonyl (C=O) groups excluding carboxylic acids is 3. The molecule has 150 valence electrons. The van der Waals surface area contributed by atoms with Crippen LogP contribution in [0.5, 0.6) is 0 Å². The van der Waals surface area contributed by atoms with Crippen molar-refractivity contribution < 1.29 is 23.6 Å². The van der Waals surface area contributed by atoms with Crippen LogP contribution in [0, 0.1) is 12.8 Å². The third kappa shape index (κ3) is 5.52. The minimum Gasteiger partial charge on any atom is -0.454 e. The van der Waals surface area contributed by atoms with Gasteiger partial charge in [-0.15, -0.1) is 0 Å². The van der Waals surface area contributed by atoms with Crippen LogP contribution in [0.3, 0.4) is 0 Å². The number of ether oxygens (including phenoxy) is 1. The van der Waals surface area contributed by atoms with E-state index in [-0.39, 0.29) is 35.7 Å². The Balaban J connectivity index is 1.95. The van der Waals surface area contributed by atoms with Crippen molar-refractivity contribution in [2.24, 2.45) is 5.92 Å². The molecule has 1 aromatic carbocycles. The fourth-order valence-electron chi connectivity index (χ4n) is 2.64. The Hall–Kier alpha value is -2.96. The number of hydrogen-bond donors (Lipinski definition) is 1. The van der Waals surface area contributed by atoms with Gasteiger partial charge in [0.25, 0.3) is 0 Å². The topological polar surface area (TPSA) is 98.5 Å². The van der Waals surface area contributed by atoms with Crippen LogP contribution in [-0.2, 0) is 9.53 Å². The number of aryl methyl sites for hydroxylation is 1. The minimum absolute atomic E-state index is 0.0297. The molecule has 1 heterocycles. The van der Waals surface area contributed by atoms with Crippen LogP contribution >= 0.6 is 0 Å². The van der Waals surface area contributed by atoms with Gasteiger partial charge in [0, 0.05) is 23.6 Å².